The molecule has 1 saturated heterocycles. The van der Waals surface area contributed by atoms with Crippen LogP contribution in [0.25, 0.3) is 0 Å². The number of sulfonamides is 1. The Morgan fingerprint density at radius 3 is 2.40 bits per heavy atom. The number of fused-ring (bicyclic) bond motifs is 1. The summed E-state index contributed by atoms with van der Waals surface area (Å²) in [5.74, 6) is -1.19. The van der Waals surface area contributed by atoms with Crippen LogP contribution in [0.2, 0.25) is 15.1 Å². The van der Waals surface area contributed by atoms with Gasteiger partial charge in [0.15, 0.2) is 0 Å². The van der Waals surface area contributed by atoms with Crippen molar-refractivity contribution >= 4 is 74.3 Å². The Kier molecular flexibility index (Phi) is 7.66. The Morgan fingerprint density at radius 1 is 1.05 bits per heavy atom. The molecule has 2 aliphatic heterocycles. The number of halogens is 3. The number of hydrogen-bond acceptors (Lipinski definition) is 6. The summed E-state index contributed by atoms with van der Waals surface area (Å²) in [5.41, 5.74) is 0.613. The number of nitrogens with one attached hydrogen (secondary N) is 1. The summed E-state index contributed by atoms with van der Waals surface area (Å²) in [6.07, 6.45) is 0.343. The van der Waals surface area contributed by atoms with Crippen LogP contribution in [-0.2, 0) is 21.2 Å². The van der Waals surface area contributed by atoms with Gasteiger partial charge in [-0.15, -0.1) is 0 Å². The van der Waals surface area contributed by atoms with E-state index in [1.807, 2.05) is 0 Å². The number of anilines is 2. The molecule has 3 aromatic rings. The first kappa shape index (κ1) is 28.2. The van der Waals surface area contributed by atoms with E-state index in [0.717, 1.165) is 9.21 Å². The molecule has 40 heavy (non-hydrogen) atoms. The molecular weight excluding hydrogens is 601 g/mol. The highest BCUT2D eigenvalue weighted by Gasteiger charge is 2.40. The summed E-state index contributed by atoms with van der Waals surface area (Å²) in [5, 5.41) is 3.16. The van der Waals surface area contributed by atoms with E-state index in [1.165, 1.54) is 48.3 Å². The molecule has 2 aromatic carbocycles. The van der Waals surface area contributed by atoms with E-state index in [9.17, 15) is 22.8 Å². The van der Waals surface area contributed by atoms with E-state index in [0.29, 0.717) is 12.0 Å². The number of urea groups is 1. The van der Waals surface area contributed by atoms with E-state index in [2.05, 4.69) is 10.3 Å². The molecule has 10 nitrogen and oxygen atoms in total. The SMILES string of the molecule is CN1CC(=O)N(C[C@@H]2Cc3ccc(NC(=O)c4c(Cl)cccc4Cl)nc3N(S(=O)(=O)c3cccc(Cl)c3)C2)C1=O. The number of imide groups is 1. The number of amides is 4. The molecule has 0 radical (unpaired) electrons. The Balaban J connectivity index is 1.51. The van der Waals surface area contributed by atoms with Gasteiger partial charge in [-0.25, -0.2) is 22.5 Å². The number of pyridine rings is 1. The molecule has 1 atom stereocenters. The number of nitrogens with zero attached hydrogens (tertiary/aromatic N) is 4. The van der Waals surface area contributed by atoms with Crippen molar-refractivity contribution in [3.63, 3.8) is 0 Å². The first-order valence-corrected chi connectivity index (χ1v) is 14.6. The van der Waals surface area contributed by atoms with Crippen molar-refractivity contribution in [3.05, 3.63) is 80.8 Å². The van der Waals surface area contributed by atoms with E-state index < -0.39 is 27.9 Å². The average molecular weight is 623 g/mol. The molecule has 2 aliphatic rings. The number of rotatable bonds is 6. The quantitative estimate of drug-likeness (QED) is 0.403. The van der Waals surface area contributed by atoms with Gasteiger partial charge in [0.1, 0.15) is 18.2 Å². The third kappa shape index (κ3) is 5.34. The minimum atomic E-state index is -4.18. The monoisotopic (exact) mass is 621 g/mol. The Morgan fingerprint density at radius 2 is 1.75 bits per heavy atom. The normalized spacial score (nSPS) is 17.3. The van der Waals surface area contributed by atoms with Crippen LogP contribution >= 0.6 is 34.8 Å². The van der Waals surface area contributed by atoms with Gasteiger partial charge < -0.3 is 10.2 Å². The number of likely N-dealkylation sites (N-methyl/N-ethyl adjacent to an activating group) is 1. The molecule has 1 fully saturated rings. The first-order chi connectivity index (χ1) is 19.0. The first-order valence-electron chi connectivity index (χ1n) is 12.0. The number of aromatic nitrogens is 1. The topological polar surface area (TPSA) is 120 Å². The standard InChI is InChI=1S/C26H22Cl3N5O5S/c1-32-14-22(35)33(26(32)37)12-15-10-16-8-9-21(31-25(36)23-19(28)6-3-7-20(23)29)30-24(16)34(13-15)40(38,39)18-5-2-4-17(27)11-18/h2-9,11,15H,10,12-14H2,1H3,(H,30,31,36)/t15-/m0/s1. The average Bonchev–Trinajstić information content (AvgIpc) is 3.14. The summed E-state index contributed by atoms with van der Waals surface area (Å²) in [7, 11) is -2.65. The summed E-state index contributed by atoms with van der Waals surface area (Å²) >= 11 is 18.4. The van der Waals surface area contributed by atoms with Crippen molar-refractivity contribution in [2.24, 2.45) is 5.92 Å². The van der Waals surface area contributed by atoms with Crippen LogP contribution in [0, 0.1) is 5.92 Å². The molecular formula is C26H22Cl3N5O5S. The predicted molar refractivity (Wildman–Crippen MR) is 152 cm³/mol. The van der Waals surface area contributed by atoms with Crippen LogP contribution in [0.4, 0.5) is 16.4 Å². The molecule has 0 aliphatic carbocycles. The second-order valence-electron chi connectivity index (χ2n) is 9.44. The van der Waals surface area contributed by atoms with Gasteiger partial charge in [-0.1, -0.05) is 53.0 Å². The Bertz CT molecular complexity index is 1630. The summed E-state index contributed by atoms with van der Waals surface area (Å²) in [6, 6.07) is 13.2. The lowest BCUT2D eigenvalue weighted by atomic mass is 9.95. The Hall–Kier alpha value is -3.38. The number of hydrogen-bond donors (Lipinski definition) is 1. The fourth-order valence-corrected chi connectivity index (χ4v) is 7.11. The highest BCUT2D eigenvalue weighted by molar-refractivity contribution is 7.92. The zero-order chi connectivity index (χ0) is 28.8. The van der Waals surface area contributed by atoms with Crippen molar-refractivity contribution in [1.82, 2.24) is 14.8 Å². The fourth-order valence-electron chi connectivity index (χ4n) is 4.71. The summed E-state index contributed by atoms with van der Waals surface area (Å²) < 4.78 is 28.8. The van der Waals surface area contributed by atoms with Crippen molar-refractivity contribution in [2.45, 2.75) is 11.3 Å². The number of carbonyl (C=O) groups excluding carboxylic acids is 3. The summed E-state index contributed by atoms with van der Waals surface area (Å²) in [4.78, 5) is 44.7. The van der Waals surface area contributed by atoms with E-state index in [4.69, 9.17) is 34.8 Å². The minimum Gasteiger partial charge on any atom is -0.318 e. The van der Waals surface area contributed by atoms with Gasteiger partial charge in [-0.05, 0) is 48.4 Å². The molecule has 0 spiro atoms. The van der Waals surface area contributed by atoms with Crippen molar-refractivity contribution in [2.75, 3.05) is 36.3 Å². The largest absolute Gasteiger partial charge is 0.326 e. The van der Waals surface area contributed by atoms with Gasteiger partial charge in [0, 0.05) is 31.1 Å². The Labute approximate surface area is 245 Å². The van der Waals surface area contributed by atoms with Crippen LogP contribution in [0.5, 0.6) is 0 Å². The number of benzene rings is 2. The molecule has 0 saturated carbocycles. The molecule has 5 rings (SSSR count). The summed E-state index contributed by atoms with van der Waals surface area (Å²) in [6.45, 7) is -0.0669. The highest BCUT2D eigenvalue weighted by atomic mass is 35.5. The van der Waals surface area contributed by atoms with E-state index in [1.54, 1.807) is 18.2 Å². The maximum atomic E-state index is 13.9. The minimum absolute atomic E-state index is 0.0342. The third-order valence-corrected chi connectivity index (χ3v) is 9.23. The fraction of sp³-hybridized carbons (Fsp3) is 0.231. The lowest BCUT2D eigenvalue weighted by Crippen LogP contribution is -2.46. The van der Waals surface area contributed by atoms with Gasteiger partial charge in [0.2, 0.25) is 5.91 Å². The lowest BCUT2D eigenvalue weighted by Gasteiger charge is -2.35. The molecule has 1 aromatic heterocycles. The van der Waals surface area contributed by atoms with Crippen molar-refractivity contribution < 1.29 is 22.8 Å². The van der Waals surface area contributed by atoms with Gasteiger partial charge in [-0.2, -0.15) is 0 Å². The van der Waals surface area contributed by atoms with Gasteiger partial charge in [-0.3, -0.25) is 14.5 Å². The molecule has 1 N–H and O–H groups in total. The van der Waals surface area contributed by atoms with Crippen LogP contribution in [-0.4, -0.2) is 67.7 Å². The second kappa shape index (κ2) is 10.9. The third-order valence-electron chi connectivity index (χ3n) is 6.61. The maximum Gasteiger partial charge on any atom is 0.326 e. The molecule has 208 valence electrons. The predicted octanol–water partition coefficient (Wildman–Crippen LogP) is 4.56. The van der Waals surface area contributed by atoms with Gasteiger partial charge in [0.25, 0.3) is 15.9 Å². The van der Waals surface area contributed by atoms with Gasteiger partial charge in [0.05, 0.1) is 20.5 Å². The molecule has 14 heteroatoms. The highest BCUT2D eigenvalue weighted by Crippen LogP contribution is 2.35. The molecule has 3 heterocycles. The smallest absolute Gasteiger partial charge is 0.318 e. The molecule has 0 unspecified atom stereocenters. The molecule has 0 bridgehead atoms. The lowest BCUT2D eigenvalue weighted by molar-refractivity contribution is -0.125. The van der Waals surface area contributed by atoms with E-state index in [-0.39, 0.29) is 62.7 Å². The second-order valence-corrected chi connectivity index (χ2v) is 12.5. The zero-order valence-electron chi connectivity index (χ0n) is 21.0. The van der Waals surface area contributed by atoms with E-state index >= 15 is 0 Å². The maximum absolute atomic E-state index is 13.9. The van der Waals surface area contributed by atoms with Crippen LogP contribution < -0.4 is 9.62 Å². The van der Waals surface area contributed by atoms with Crippen LogP contribution in [0.1, 0.15) is 15.9 Å². The van der Waals surface area contributed by atoms with Crippen molar-refractivity contribution in [1.29, 1.82) is 0 Å². The molecule has 4 amide bonds. The van der Waals surface area contributed by atoms with Crippen LogP contribution in [0.3, 0.4) is 0 Å². The van der Waals surface area contributed by atoms with Crippen molar-refractivity contribution in [3.8, 4) is 0 Å². The van der Waals surface area contributed by atoms with Crippen LogP contribution in [0.15, 0.2) is 59.5 Å². The number of carbonyl (C=O) groups is 3. The van der Waals surface area contributed by atoms with Gasteiger partial charge >= 0.3 is 6.03 Å². The zero-order valence-corrected chi connectivity index (χ0v) is 24.1.